The second-order valence-corrected chi connectivity index (χ2v) is 8.00. The SMILES string of the molecule is CCNC(c1ccc(C(C)(C)C)s1)c1cc(Cl)ccc1C. The van der Waals surface area contributed by atoms with Gasteiger partial charge in [-0.25, -0.2) is 0 Å². The van der Waals surface area contributed by atoms with Gasteiger partial charge in [-0.2, -0.15) is 0 Å². The van der Waals surface area contributed by atoms with E-state index >= 15 is 0 Å². The Morgan fingerprint density at radius 3 is 2.48 bits per heavy atom. The molecule has 0 saturated heterocycles. The van der Waals surface area contributed by atoms with E-state index in [0.717, 1.165) is 11.6 Å². The van der Waals surface area contributed by atoms with Crippen LogP contribution in [0.5, 0.6) is 0 Å². The van der Waals surface area contributed by atoms with Crippen molar-refractivity contribution < 1.29 is 0 Å². The van der Waals surface area contributed by atoms with Crippen molar-refractivity contribution in [1.29, 1.82) is 0 Å². The second kappa shape index (κ2) is 6.51. The average molecular weight is 322 g/mol. The van der Waals surface area contributed by atoms with E-state index in [1.54, 1.807) is 0 Å². The first-order valence-electron chi connectivity index (χ1n) is 7.42. The van der Waals surface area contributed by atoms with Crippen LogP contribution in [0.3, 0.4) is 0 Å². The van der Waals surface area contributed by atoms with Crippen LogP contribution in [0.4, 0.5) is 0 Å². The molecular weight excluding hydrogens is 298 g/mol. The van der Waals surface area contributed by atoms with Crippen molar-refractivity contribution in [3.05, 3.63) is 56.2 Å². The van der Waals surface area contributed by atoms with Crippen molar-refractivity contribution in [3.8, 4) is 0 Å². The van der Waals surface area contributed by atoms with Crippen molar-refractivity contribution in [2.75, 3.05) is 6.54 Å². The first kappa shape index (κ1) is 16.5. The zero-order valence-electron chi connectivity index (χ0n) is 13.5. The van der Waals surface area contributed by atoms with Crippen LogP contribution in [0.15, 0.2) is 30.3 Å². The standard InChI is InChI=1S/C18H24ClNS/c1-6-20-17(14-11-13(19)8-7-12(14)2)15-9-10-16(21-15)18(3,4)5/h7-11,17,20H,6H2,1-5H3. The van der Waals surface area contributed by atoms with Crippen LogP contribution in [-0.2, 0) is 5.41 Å². The fourth-order valence-electron chi connectivity index (χ4n) is 2.40. The van der Waals surface area contributed by atoms with Crippen LogP contribution in [0.2, 0.25) is 5.02 Å². The van der Waals surface area contributed by atoms with E-state index in [-0.39, 0.29) is 11.5 Å². The second-order valence-electron chi connectivity index (χ2n) is 6.44. The molecule has 1 nitrogen and oxygen atoms in total. The van der Waals surface area contributed by atoms with Crippen LogP contribution in [0.1, 0.15) is 54.6 Å². The lowest BCUT2D eigenvalue weighted by Crippen LogP contribution is -2.22. The minimum atomic E-state index is 0.197. The highest BCUT2D eigenvalue weighted by molar-refractivity contribution is 7.12. The number of hydrogen-bond donors (Lipinski definition) is 1. The minimum Gasteiger partial charge on any atom is -0.306 e. The Morgan fingerprint density at radius 1 is 1.19 bits per heavy atom. The van der Waals surface area contributed by atoms with Gasteiger partial charge in [0.15, 0.2) is 0 Å². The molecule has 0 spiro atoms. The maximum atomic E-state index is 6.20. The van der Waals surface area contributed by atoms with E-state index < -0.39 is 0 Å². The van der Waals surface area contributed by atoms with Gasteiger partial charge < -0.3 is 5.32 Å². The predicted octanol–water partition coefficient (Wildman–Crippen LogP) is 5.71. The molecule has 1 aromatic heterocycles. The minimum absolute atomic E-state index is 0.197. The molecule has 2 rings (SSSR count). The Bertz CT molecular complexity index is 610. The Kier molecular flexibility index (Phi) is 5.13. The maximum absolute atomic E-state index is 6.20. The number of thiophene rings is 1. The van der Waals surface area contributed by atoms with E-state index in [0.29, 0.717) is 0 Å². The third-order valence-corrected chi connectivity index (χ3v) is 5.42. The first-order chi connectivity index (χ1) is 9.82. The summed E-state index contributed by atoms with van der Waals surface area (Å²) < 4.78 is 0. The summed E-state index contributed by atoms with van der Waals surface area (Å²) in [7, 11) is 0. The fourth-order valence-corrected chi connectivity index (χ4v) is 3.74. The number of aryl methyl sites for hydroxylation is 1. The van der Waals surface area contributed by atoms with Crippen LogP contribution in [0.25, 0.3) is 0 Å². The van der Waals surface area contributed by atoms with Gasteiger partial charge in [-0.1, -0.05) is 45.4 Å². The molecule has 0 radical (unpaired) electrons. The Morgan fingerprint density at radius 2 is 1.90 bits per heavy atom. The van der Waals surface area contributed by atoms with Crippen LogP contribution in [-0.4, -0.2) is 6.54 Å². The summed E-state index contributed by atoms with van der Waals surface area (Å²) in [5.74, 6) is 0. The third-order valence-electron chi connectivity index (χ3n) is 3.61. The molecular formula is C18H24ClNS. The van der Waals surface area contributed by atoms with Crippen molar-refractivity contribution in [3.63, 3.8) is 0 Å². The molecule has 3 heteroatoms. The van der Waals surface area contributed by atoms with Gasteiger partial charge in [0, 0.05) is 14.8 Å². The number of nitrogens with one attached hydrogen (secondary N) is 1. The van der Waals surface area contributed by atoms with E-state index in [4.69, 9.17) is 11.6 Å². The smallest absolute Gasteiger partial charge is 0.0674 e. The summed E-state index contributed by atoms with van der Waals surface area (Å²) >= 11 is 8.09. The Labute approximate surface area is 137 Å². The Hall–Kier alpha value is -0.830. The molecule has 114 valence electrons. The molecule has 0 amide bonds. The van der Waals surface area contributed by atoms with Crippen LogP contribution < -0.4 is 5.32 Å². The summed E-state index contributed by atoms with van der Waals surface area (Å²) in [6.45, 7) is 12.0. The molecule has 1 atom stereocenters. The molecule has 0 aliphatic heterocycles. The summed E-state index contributed by atoms with van der Waals surface area (Å²) in [5, 5.41) is 4.40. The van der Waals surface area contributed by atoms with E-state index in [1.165, 1.54) is 20.9 Å². The van der Waals surface area contributed by atoms with Gasteiger partial charge in [-0.3, -0.25) is 0 Å². The van der Waals surface area contributed by atoms with Gasteiger partial charge in [0.2, 0.25) is 0 Å². The van der Waals surface area contributed by atoms with Gasteiger partial charge in [-0.05, 0) is 54.3 Å². The molecule has 0 aliphatic rings. The quantitative estimate of drug-likeness (QED) is 0.761. The number of rotatable bonds is 4. The van der Waals surface area contributed by atoms with Crippen LogP contribution >= 0.6 is 22.9 Å². The summed E-state index contributed by atoms with van der Waals surface area (Å²) in [4.78, 5) is 2.77. The van der Waals surface area contributed by atoms with Crippen LogP contribution in [0, 0.1) is 6.92 Å². The molecule has 0 bridgehead atoms. The summed E-state index contributed by atoms with van der Waals surface area (Å²) in [5.41, 5.74) is 2.74. The monoisotopic (exact) mass is 321 g/mol. The van der Waals surface area contributed by atoms with Crippen molar-refractivity contribution in [1.82, 2.24) is 5.32 Å². The molecule has 0 fully saturated rings. The molecule has 2 aromatic rings. The Balaban J connectivity index is 2.44. The number of halogens is 1. The molecule has 1 unspecified atom stereocenters. The topological polar surface area (TPSA) is 12.0 Å². The highest BCUT2D eigenvalue weighted by atomic mass is 35.5. The number of benzene rings is 1. The summed E-state index contributed by atoms with van der Waals surface area (Å²) in [6, 6.07) is 10.9. The van der Waals surface area contributed by atoms with Gasteiger partial charge in [-0.15, -0.1) is 11.3 Å². The molecule has 1 aromatic carbocycles. The average Bonchev–Trinajstić information content (AvgIpc) is 2.88. The molecule has 0 aliphatic carbocycles. The molecule has 0 saturated carbocycles. The molecule has 21 heavy (non-hydrogen) atoms. The van der Waals surface area contributed by atoms with Gasteiger partial charge in [0.05, 0.1) is 6.04 Å². The van der Waals surface area contributed by atoms with E-state index in [1.807, 2.05) is 17.4 Å². The van der Waals surface area contributed by atoms with E-state index in [2.05, 4.69) is 64.2 Å². The van der Waals surface area contributed by atoms with Crippen molar-refractivity contribution in [2.24, 2.45) is 0 Å². The third kappa shape index (κ3) is 3.88. The fraction of sp³-hybridized carbons (Fsp3) is 0.444. The molecule has 1 heterocycles. The highest BCUT2D eigenvalue weighted by Crippen LogP contribution is 2.36. The van der Waals surface area contributed by atoms with Crippen molar-refractivity contribution in [2.45, 2.75) is 46.1 Å². The first-order valence-corrected chi connectivity index (χ1v) is 8.62. The van der Waals surface area contributed by atoms with Crippen molar-refractivity contribution >= 4 is 22.9 Å². The lowest BCUT2D eigenvalue weighted by molar-refractivity contribution is 0.604. The normalized spacial score (nSPS) is 13.4. The van der Waals surface area contributed by atoms with Gasteiger partial charge in [0.1, 0.15) is 0 Å². The van der Waals surface area contributed by atoms with E-state index in [9.17, 15) is 0 Å². The zero-order valence-corrected chi connectivity index (χ0v) is 15.0. The zero-order chi connectivity index (χ0) is 15.6. The van der Waals surface area contributed by atoms with Gasteiger partial charge >= 0.3 is 0 Å². The highest BCUT2D eigenvalue weighted by Gasteiger charge is 2.21. The number of hydrogen-bond acceptors (Lipinski definition) is 2. The lowest BCUT2D eigenvalue weighted by atomic mass is 9.94. The van der Waals surface area contributed by atoms with Gasteiger partial charge in [0.25, 0.3) is 0 Å². The lowest BCUT2D eigenvalue weighted by Gasteiger charge is -2.20. The predicted molar refractivity (Wildman–Crippen MR) is 94.7 cm³/mol. The maximum Gasteiger partial charge on any atom is 0.0674 e. The molecule has 1 N–H and O–H groups in total. The summed E-state index contributed by atoms with van der Waals surface area (Å²) in [6.07, 6.45) is 0. The largest absolute Gasteiger partial charge is 0.306 e.